The zero-order valence-corrected chi connectivity index (χ0v) is 16.0. The third kappa shape index (κ3) is 4.41. The van der Waals surface area contributed by atoms with Crippen molar-refractivity contribution in [2.24, 2.45) is 0 Å². The fourth-order valence-electron chi connectivity index (χ4n) is 2.80. The summed E-state index contributed by atoms with van der Waals surface area (Å²) in [6.45, 7) is 3.93. The fraction of sp³-hybridized carbons (Fsp3) is 0.412. The zero-order valence-electron chi connectivity index (χ0n) is 15.1. The van der Waals surface area contributed by atoms with E-state index in [0.29, 0.717) is 37.9 Å². The Kier molecular flexibility index (Phi) is 5.28. The van der Waals surface area contributed by atoms with Crippen LogP contribution in [0.5, 0.6) is 5.75 Å². The van der Waals surface area contributed by atoms with Crippen molar-refractivity contribution >= 4 is 27.5 Å². The lowest BCUT2D eigenvalue weighted by atomic mass is 10.3. The Labute approximate surface area is 153 Å². The highest BCUT2D eigenvalue weighted by molar-refractivity contribution is 7.88. The predicted molar refractivity (Wildman–Crippen MR) is 102 cm³/mol. The quantitative estimate of drug-likeness (QED) is 0.847. The number of nitrogens with zero attached hydrogens (tertiary/aromatic N) is 4. The molecule has 1 aromatic carbocycles. The van der Waals surface area contributed by atoms with Crippen molar-refractivity contribution in [1.29, 1.82) is 0 Å². The highest BCUT2D eigenvalue weighted by Crippen LogP contribution is 2.21. The minimum absolute atomic E-state index is 0.442. The van der Waals surface area contributed by atoms with E-state index < -0.39 is 10.0 Å². The number of nitrogens with one attached hydrogen (secondary N) is 1. The summed E-state index contributed by atoms with van der Waals surface area (Å²) >= 11 is 0. The molecular weight excluding hydrogens is 354 g/mol. The van der Waals surface area contributed by atoms with Crippen molar-refractivity contribution in [3.8, 4) is 5.75 Å². The molecule has 0 spiro atoms. The number of ether oxygens (including phenoxy) is 1. The van der Waals surface area contributed by atoms with Gasteiger partial charge in [0.1, 0.15) is 11.6 Å². The van der Waals surface area contributed by atoms with E-state index in [9.17, 15) is 8.42 Å². The molecule has 8 nitrogen and oxygen atoms in total. The lowest BCUT2D eigenvalue weighted by molar-refractivity contribution is 0.385. The van der Waals surface area contributed by atoms with E-state index in [-0.39, 0.29) is 0 Å². The first-order chi connectivity index (χ1) is 12.3. The molecule has 9 heteroatoms. The average Bonchev–Trinajstić information content (AvgIpc) is 2.61. The predicted octanol–water partition coefficient (Wildman–Crippen LogP) is 1.62. The minimum atomic E-state index is -3.15. The van der Waals surface area contributed by atoms with Gasteiger partial charge in [-0.15, -0.1) is 0 Å². The van der Waals surface area contributed by atoms with Crippen LogP contribution in [0.3, 0.4) is 0 Å². The molecule has 0 unspecified atom stereocenters. The standard InChI is InChI=1S/C17H23N5O3S/c1-13-12-16(19-14-4-6-15(25-2)7-5-14)20-17(18-13)21-8-10-22(11-9-21)26(3,23)24/h4-7,12H,8-11H2,1-3H3,(H,18,19,20). The summed E-state index contributed by atoms with van der Waals surface area (Å²) in [5, 5.41) is 3.27. The monoisotopic (exact) mass is 377 g/mol. The second-order valence-corrected chi connectivity index (χ2v) is 8.18. The van der Waals surface area contributed by atoms with Crippen LogP contribution < -0.4 is 15.0 Å². The highest BCUT2D eigenvalue weighted by atomic mass is 32.2. The van der Waals surface area contributed by atoms with Crippen LogP contribution in [-0.2, 0) is 10.0 Å². The van der Waals surface area contributed by atoms with Crippen molar-refractivity contribution in [2.75, 3.05) is 49.8 Å². The number of methoxy groups -OCH3 is 1. The van der Waals surface area contributed by atoms with Gasteiger partial charge in [-0.25, -0.2) is 13.4 Å². The van der Waals surface area contributed by atoms with Gasteiger partial charge in [-0.05, 0) is 31.2 Å². The molecule has 1 aliphatic rings. The Morgan fingerprint density at radius 2 is 1.73 bits per heavy atom. The summed E-state index contributed by atoms with van der Waals surface area (Å²) < 4.78 is 29.9. The van der Waals surface area contributed by atoms with Crippen molar-refractivity contribution in [1.82, 2.24) is 14.3 Å². The smallest absolute Gasteiger partial charge is 0.227 e. The molecule has 1 saturated heterocycles. The van der Waals surface area contributed by atoms with Crippen molar-refractivity contribution in [2.45, 2.75) is 6.92 Å². The average molecular weight is 377 g/mol. The first kappa shape index (κ1) is 18.4. The van der Waals surface area contributed by atoms with E-state index in [1.165, 1.54) is 10.6 Å². The Morgan fingerprint density at radius 3 is 2.31 bits per heavy atom. The molecule has 0 aliphatic carbocycles. The Hall–Kier alpha value is -2.39. The number of rotatable bonds is 5. The summed E-state index contributed by atoms with van der Waals surface area (Å²) in [5.74, 6) is 2.09. The summed E-state index contributed by atoms with van der Waals surface area (Å²) in [7, 11) is -1.52. The zero-order chi connectivity index (χ0) is 18.7. The van der Waals surface area contributed by atoms with Gasteiger partial charge in [0, 0.05) is 43.6 Å². The third-order valence-corrected chi connectivity index (χ3v) is 5.50. The molecule has 0 saturated carbocycles. The second-order valence-electron chi connectivity index (χ2n) is 6.20. The van der Waals surface area contributed by atoms with Crippen molar-refractivity contribution in [3.63, 3.8) is 0 Å². The number of hydrogen-bond donors (Lipinski definition) is 1. The van der Waals surface area contributed by atoms with Gasteiger partial charge in [0.2, 0.25) is 16.0 Å². The summed E-state index contributed by atoms with van der Waals surface area (Å²) in [5.41, 5.74) is 1.74. The SMILES string of the molecule is COc1ccc(Nc2cc(C)nc(N3CCN(S(C)(=O)=O)CC3)n2)cc1. The van der Waals surface area contributed by atoms with E-state index in [4.69, 9.17) is 4.74 Å². The van der Waals surface area contributed by atoms with E-state index in [2.05, 4.69) is 15.3 Å². The second kappa shape index (κ2) is 7.46. The molecule has 1 aliphatic heterocycles. The molecule has 1 N–H and O–H groups in total. The molecule has 2 aromatic rings. The highest BCUT2D eigenvalue weighted by Gasteiger charge is 2.25. The minimum Gasteiger partial charge on any atom is -0.497 e. The van der Waals surface area contributed by atoms with Gasteiger partial charge in [-0.1, -0.05) is 0 Å². The maximum Gasteiger partial charge on any atom is 0.227 e. The number of aromatic nitrogens is 2. The van der Waals surface area contributed by atoms with Crippen LogP contribution in [0.1, 0.15) is 5.69 Å². The molecule has 0 atom stereocenters. The largest absolute Gasteiger partial charge is 0.497 e. The van der Waals surface area contributed by atoms with Crippen LogP contribution in [0.2, 0.25) is 0 Å². The van der Waals surface area contributed by atoms with Gasteiger partial charge in [0.15, 0.2) is 0 Å². The molecule has 2 heterocycles. The number of aryl methyl sites for hydroxylation is 1. The summed E-state index contributed by atoms with van der Waals surface area (Å²) in [6, 6.07) is 9.46. The van der Waals surface area contributed by atoms with Crippen molar-refractivity contribution < 1.29 is 13.2 Å². The van der Waals surface area contributed by atoms with Gasteiger partial charge in [-0.3, -0.25) is 0 Å². The van der Waals surface area contributed by atoms with Crippen LogP contribution in [0.15, 0.2) is 30.3 Å². The van der Waals surface area contributed by atoms with Crippen LogP contribution in [0.25, 0.3) is 0 Å². The van der Waals surface area contributed by atoms with E-state index >= 15 is 0 Å². The Balaban J connectivity index is 1.73. The topological polar surface area (TPSA) is 87.7 Å². The number of anilines is 3. The lowest BCUT2D eigenvalue weighted by Crippen LogP contribution is -2.48. The molecule has 26 heavy (non-hydrogen) atoms. The van der Waals surface area contributed by atoms with Crippen molar-refractivity contribution in [3.05, 3.63) is 36.0 Å². The molecule has 0 bridgehead atoms. The van der Waals surface area contributed by atoms with E-state index in [1.54, 1.807) is 7.11 Å². The van der Waals surface area contributed by atoms with Crippen LogP contribution in [-0.4, -0.2) is 62.2 Å². The number of benzene rings is 1. The molecule has 1 fully saturated rings. The summed E-state index contributed by atoms with van der Waals surface area (Å²) in [6.07, 6.45) is 1.24. The third-order valence-electron chi connectivity index (χ3n) is 4.20. The van der Waals surface area contributed by atoms with E-state index in [1.807, 2.05) is 42.2 Å². The van der Waals surface area contributed by atoms with Crippen LogP contribution in [0.4, 0.5) is 17.5 Å². The number of piperazine rings is 1. The normalized spacial score (nSPS) is 15.7. The lowest BCUT2D eigenvalue weighted by Gasteiger charge is -2.33. The molecule has 0 amide bonds. The molecule has 3 rings (SSSR count). The molecular formula is C17H23N5O3S. The molecule has 140 valence electrons. The van der Waals surface area contributed by atoms with Crippen LogP contribution >= 0.6 is 0 Å². The van der Waals surface area contributed by atoms with Gasteiger partial charge < -0.3 is 15.0 Å². The Morgan fingerprint density at radius 1 is 1.08 bits per heavy atom. The molecule has 0 radical (unpaired) electrons. The maximum atomic E-state index is 11.6. The maximum absolute atomic E-state index is 11.6. The van der Waals surface area contributed by atoms with Gasteiger partial charge in [0.25, 0.3) is 0 Å². The van der Waals surface area contributed by atoms with E-state index in [0.717, 1.165) is 17.1 Å². The Bertz CT molecular complexity index is 862. The fourth-order valence-corrected chi connectivity index (χ4v) is 3.63. The van der Waals surface area contributed by atoms with Crippen LogP contribution in [0, 0.1) is 6.92 Å². The number of sulfonamides is 1. The number of hydrogen-bond acceptors (Lipinski definition) is 7. The van der Waals surface area contributed by atoms with Gasteiger partial charge in [-0.2, -0.15) is 9.29 Å². The first-order valence-electron chi connectivity index (χ1n) is 8.32. The van der Waals surface area contributed by atoms with Gasteiger partial charge in [0.05, 0.1) is 13.4 Å². The van der Waals surface area contributed by atoms with Gasteiger partial charge >= 0.3 is 0 Å². The first-order valence-corrected chi connectivity index (χ1v) is 10.2. The molecule has 1 aromatic heterocycles. The summed E-state index contributed by atoms with van der Waals surface area (Å²) in [4.78, 5) is 11.1.